The van der Waals surface area contributed by atoms with Crippen molar-refractivity contribution in [3.05, 3.63) is 71.8 Å². The van der Waals surface area contributed by atoms with Crippen LogP contribution in [0.4, 0.5) is 4.79 Å². The molecular weight excluding hydrogens is 330 g/mol. The van der Waals surface area contributed by atoms with Crippen molar-refractivity contribution in [2.75, 3.05) is 20.3 Å². The molecule has 1 aliphatic rings. The molecule has 2 aromatic rings. The summed E-state index contributed by atoms with van der Waals surface area (Å²) in [5, 5.41) is 0. The van der Waals surface area contributed by atoms with Crippen LogP contribution in [0.2, 0.25) is 0 Å². The quantitative estimate of drug-likeness (QED) is 0.761. The van der Waals surface area contributed by atoms with Gasteiger partial charge in [0.15, 0.2) is 0 Å². The Morgan fingerprint density at radius 3 is 2.35 bits per heavy atom. The molecule has 1 saturated heterocycles. The zero-order valence-electron chi connectivity index (χ0n) is 15.0. The zero-order chi connectivity index (χ0) is 18.2. The van der Waals surface area contributed by atoms with E-state index in [0.29, 0.717) is 19.7 Å². The van der Waals surface area contributed by atoms with Gasteiger partial charge in [0.2, 0.25) is 0 Å². The maximum Gasteiger partial charge on any atom is 0.410 e. The molecule has 0 unspecified atom stereocenters. The zero-order valence-corrected chi connectivity index (χ0v) is 15.0. The number of hydrogen-bond donors (Lipinski definition) is 0. The maximum absolute atomic E-state index is 12.7. The fourth-order valence-corrected chi connectivity index (χ4v) is 3.03. The van der Waals surface area contributed by atoms with Gasteiger partial charge in [-0.2, -0.15) is 0 Å². The highest BCUT2D eigenvalue weighted by molar-refractivity contribution is 5.67. The summed E-state index contributed by atoms with van der Waals surface area (Å²) in [6, 6.07) is 19.6. The first kappa shape index (κ1) is 18.4. The number of nitrogens with zero attached hydrogens (tertiary/aromatic N) is 1. The molecule has 5 heteroatoms. The van der Waals surface area contributed by atoms with E-state index >= 15 is 0 Å². The lowest BCUT2D eigenvalue weighted by Crippen LogP contribution is -2.37. The third-order valence-electron chi connectivity index (χ3n) is 4.48. The molecule has 0 saturated carbocycles. The Morgan fingerprint density at radius 1 is 1.08 bits per heavy atom. The summed E-state index contributed by atoms with van der Waals surface area (Å²) in [5.74, 6) is 0. The van der Waals surface area contributed by atoms with Crippen LogP contribution in [-0.2, 0) is 27.4 Å². The van der Waals surface area contributed by atoms with Crippen molar-refractivity contribution in [1.82, 2.24) is 4.90 Å². The highest BCUT2D eigenvalue weighted by atomic mass is 16.6. The van der Waals surface area contributed by atoms with Crippen molar-refractivity contribution in [2.24, 2.45) is 0 Å². The van der Waals surface area contributed by atoms with Crippen LogP contribution in [-0.4, -0.2) is 43.5 Å². The fourth-order valence-electron chi connectivity index (χ4n) is 3.03. The van der Waals surface area contributed by atoms with Crippen LogP contribution in [0.5, 0.6) is 0 Å². The van der Waals surface area contributed by atoms with Crippen molar-refractivity contribution in [1.29, 1.82) is 0 Å². The lowest BCUT2D eigenvalue weighted by atomic mass is 10.1. The Kier molecular flexibility index (Phi) is 6.63. The molecule has 2 atom stereocenters. The van der Waals surface area contributed by atoms with E-state index in [4.69, 9.17) is 14.2 Å². The minimum atomic E-state index is -0.331. The molecule has 0 bridgehead atoms. The second kappa shape index (κ2) is 9.36. The summed E-state index contributed by atoms with van der Waals surface area (Å²) < 4.78 is 16.6. The van der Waals surface area contributed by atoms with E-state index < -0.39 is 0 Å². The van der Waals surface area contributed by atoms with E-state index in [1.165, 1.54) is 0 Å². The number of carbonyl (C=O) groups excluding carboxylic acids is 1. The number of ether oxygens (including phenoxy) is 3. The van der Waals surface area contributed by atoms with Gasteiger partial charge >= 0.3 is 6.09 Å². The first-order valence-corrected chi connectivity index (χ1v) is 8.88. The summed E-state index contributed by atoms with van der Waals surface area (Å²) in [5.41, 5.74) is 2.03. The third-order valence-corrected chi connectivity index (χ3v) is 4.48. The molecule has 26 heavy (non-hydrogen) atoms. The Balaban J connectivity index is 1.62. The largest absolute Gasteiger partial charge is 0.445 e. The Labute approximate surface area is 154 Å². The summed E-state index contributed by atoms with van der Waals surface area (Å²) in [4.78, 5) is 14.4. The van der Waals surface area contributed by atoms with E-state index in [2.05, 4.69) is 0 Å². The van der Waals surface area contributed by atoms with Crippen LogP contribution in [0, 0.1) is 0 Å². The van der Waals surface area contributed by atoms with Crippen LogP contribution in [0.15, 0.2) is 60.7 Å². The molecule has 1 heterocycles. The van der Waals surface area contributed by atoms with Gasteiger partial charge in [0.25, 0.3) is 0 Å². The molecule has 1 amide bonds. The average molecular weight is 355 g/mol. The van der Waals surface area contributed by atoms with Gasteiger partial charge in [-0.3, -0.25) is 0 Å². The number of hydrogen-bond acceptors (Lipinski definition) is 4. The van der Waals surface area contributed by atoms with Crippen LogP contribution >= 0.6 is 0 Å². The molecule has 0 aromatic heterocycles. The molecule has 0 radical (unpaired) electrons. The second-order valence-electron chi connectivity index (χ2n) is 6.46. The minimum Gasteiger partial charge on any atom is -0.445 e. The predicted octanol–water partition coefficient (Wildman–Crippen LogP) is 3.63. The Morgan fingerprint density at radius 2 is 1.73 bits per heavy atom. The Bertz CT molecular complexity index is 677. The van der Waals surface area contributed by atoms with Crippen LogP contribution < -0.4 is 0 Å². The van der Waals surface area contributed by atoms with Gasteiger partial charge in [0.05, 0.1) is 25.4 Å². The third kappa shape index (κ3) is 5.31. The van der Waals surface area contributed by atoms with Crippen molar-refractivity contribution < 1.29 is 19.0 Å². The van der Waals surface area contributed by atoms with Crippen molar-refractivity contribution in [3.8, 4) is 0 Å². The monoisotopic (exact) mass is 355 g/mol. The summed E-state index contributed by atoms with van der Waals surface area (Å²) in [6.07, 6.45) is 0.516. The smallest absolute Gasteiger partial charge is 0.410 e. The topological polar surface area (TPSA) is 48.0 Å². The molecule has 1 aliphatic heterocycles. The van der Waals surface area contributed by atoms with Crippen LogP contribution in [0.1, 0.15) is 17.5 Å². The molecular formula is C21H25NO4. The minimum absolute atomic E-state index is 0.0343. The van der Waals surface area contributed by atoms with Crippen molar-refractivity contribution in [2.45, 2.75) is 31.8 Å². The highest BCUT2D eigenvalue weighted by Crippen LogP contribution is 2.18. The van der Waals surface area contributed by atoms with Crippen LogP contribution in [0.3, 0.4) is 0 Å². The number of methoxy groups -OCH3 is 1. The van der Waals surface area contributed by atoms with Gasteiger partial charge in [-0.05, 0) is 11.1 Å². The van der Waals surface area contributed by atoms with E-state index in [9.17, 15) is 4.79 Å². The maximum atomic E-state index is 12.7. The normalized spacial score (nSPS) is 19.3. The standard InChI is InChI=1S/C21H25NO4/c1-24-20-12-19(25-16-20)14-22(13-17-8-4-2-5-9-17)21(23)26-15-18-10-6-3-7-11-18/h2-11,19-20H,12-16H2,1H3/t19-,20+/m0/s1. The molecule has 0 spiro atoms. The summed E-state index contributed by atoms with van der Waals surface area (Å²) in [7, 11) is 1.69. The Hall–Kier alpha value is -2.37. The lowest BCUT2D eigenvalue weighted by molar-refractivity contribution is 0.0423. The van der Waals surface area contributed by atoms with Gasteiger partial charge in [-0.1, -0.05) is 60.7 Å². The molecule has 5 nitrogen and oxygen atoms in total. The van der Waals surface area contributed by atoms with Gasteiger partial charge in [0.1, 0.15) is 6.61 Å². The van der Waals surface area contributed by atoms with E-state index in [0.717, 1.165) is 17.5 Å². The number of amides is 1. The predicted molar refractivity (Wildman–Crippen MR) is 98.6 cm³/mol. The summed E-state index contributed by atoms with van der Waals surface area (Å²) >= 11 is 0. The molecule has 2 aromatic carbocycles. The number of benzene rings is 2. The first-order valence-electron chi connectivity index (χ1n) is 8.88. The highest BCUT2D eigenvalue weighted by Gasteiger charge is 2.29. The molecule has 3 rings (SSSR count). The molecule has 0 N–H and O–H groups in total. The number of carbonyl (C=O) groups is 1. The van der Waals surface area contributed by atoms with Gasteiger partial charge < -0.3 is 19.1 Å². The fraction of sp³-hybridized carbons (Fsp3) is 0.381. The SMILES string of the molecule is CO[C@H]1CO[C@H](CN(Cc2ccccc2)C(=O)OCc2ccccc2)C1. The molecule has 138 valence electrons. The van der Waals surface area contributed by atoms with E-state index in [1.54, 1.807) is 12.0 Å². The van der Waals surface area contributed by atoms with Gasteiger partial charge in [0, 0.05) is 20.1 Å². The van der Waals surface area contributed by atoms with Crippen LogP contribution in [0.25, 0.3) is 0 Å². The first-order chi connectivity index (χ1) is 12.7. The molecule has 1 fully saturated rings. The van der Waals surface area contributed by atoms with E-state index in [1.807, 2.05) is 60.7 Å². The number of rotatable bonds is 7. The van der Waals surface area contributed by atoms with Gasteiger partial charge in [-0.25, -0.2) is 4.79 Å². The summed E-state index contributed by atoms with van der Waals surface area (Å²) in [6.45, 7) is 1.81. The molecule has 0 aliphatic carbocycles. The second-order valence-corrected chi connectivity index (χ2v) is 6.46. The van der Waals surface area contributed by atoms with Gasteiger partial charge in [-0.15, -0.1) is 0 Å². The van der Waals surface area contributed by atoms with E-state index in [-0.39, 0.29) is 24.9 Å². The lowest BCUT2D eigenvalue weighted by Gasteiger charge is -2.25. The van der Waals surface area contributed by atoms with Crippen molar-refractivity contribution in [3.63, 3.8) is 0 Å². The van der Waals surface area contributed by atoms with Crippen molar-refractivity contribution >= 4 is 6.09 Å². The average Bonchev–Trinajstić information content (AvgIpc) is 3.15.